The van der Waals surface area contributed by atoms with Crippen molar-refractivity contribution in [3.05, 3.63) is 24.3 Å². The van der Waals surface area contributed by atoms with Gasteiger partial charge < -0.3 is 16.0 Å². The van der Waals surface area contributed by atoms with E-state index in [2.05, 4.69) is 16.0 Å². The van der Waals surface area contributed by atoms with Crippen LogP contribution in [0.15, 0.2) is 24.3 Å². The van der Waals surface area contributed by atoms with Gasteiger partial charge in [0.05, 0.1) is 0 Å². The zero-order chi connectivity index (χ0) is 19.8. The van der Waals surface area contributed by atoms with Gasteiger partial charge in [0.15, 0.2) is 0 Å². The fraction of sp³-hybridized carbons (Fsp3) is 0.571. The third-order valence-corrected chi connectivity index (χ3v) is 4.79. The summed E-state index contributed by atoms with van der Waals surface area (Å²) in [5, 5.41) is 8.53. The first-order valence-corrected chi connectivity index (χ1v) is 9.84. The minimum absolute atomic E-state index is 0.00324. The van der Waals surface area contributed by atoms with E-state index in [1.165, 1.54) is 13.3 Å². The monoisotopic (exact) mass is 373 g/mol. The zero-order valence-electron chi connectivity index (χ0n) is 16.5. The molecule has 3 N–H and O–H groups in total. The molecule has 0 aliphatic heterocycles. The quantitative estimate of drug-likeness (QED) is 0.681. The Bertz CT molecular complexity index is 649. The van der Waals surface area contributed by atoms with Crippen LogP contribution in [-0.4, -0.2) is 23.8 Å². The van der Waals surface area contributed by atoms with E-state index >= 15 is 0 Å². The number of benzene rings is 1. The maximum Gasteiger partial charge on any atom is 0.246 e. The number of hydrogen-bond acceptors (Lipinski definition) is 3. The lowest BCUT2D eigenvalue weighted by atomic mass is 9.88. The number of carbonyl (C=O) groups is 3. The van der Waals surface area contributed by atoms with Gasteiger partial charge >= 0.3 is 0 Å². The van der Waals surface area contributed by atoms with Crippen LogP contribution in [0.1, 0.15) is 59.3 Å². The standard InChI is InChI=1S/C21H31N3O3/c1-14(2)13-19(24-20(26)16-7-5-4-6-8-16)21(27)23-18-11-9-17(10-12-18)22-15(3)25/h9-12,14,16,19H,4-8,13H2,1-3H3,(H,22,25)(H,23,27)(H,24,26). The molecule has 1 unspecified atom stereocenters. The van der Waals surface area contributed by atoms with Crippen molar-refractivity contribution in [3.8, 4) is 0 Å². The second kappa shape index (κ2) is 10.1. The summed E-state index contributed by atoms with van der Waals surface area (Å²) < 4.78 is 0. The Labute approximate surface area is 161 Å². The van der Waals surface area contributed by atoms with Gasteiger partial charge in [0.1, 0.15) is 6.04 Å². The molecule has 1 aromatic rings. The van der Waals surface area contributed by atoms with E-state index in [4.69, 9.17) is 0 Å². The van der Waals surface area contributed by atoms with Gasteiger partial charge in [-0.25, -0.2) is 0 Å². The van der Waals surface area contributed by atoms with Crippen molar-refractivity contribution in [2.75, 3.05) is 10.6 Å². The largest absolute Gasteiger partial charge is 0.344 e. The Morgan fingerprint density at radius 2 is 1.52 bits per heavy atom. The molecule has 3 amide bonds. The molecule has 1 aliphatic carbocycles. The molecule has 1 saturated carbocycles. The molecule has 0 saturated heterocycles. The van der Waals surface area contributed by atoms with E-state index in [1.54, 1.807) is 24.3 Å². The number of hydrogen-bond donors (Lipinski definition) is 3. The van der Waals surface area contributed by atoms with Gasteiger partial charge in [0.25, 0.3) is 0 Å². The maximum atomic E-state index is 12.7. The predicted molar refractivity (Wildman–Crippen MR) is 107 cm³/mol. The molecule has 0 bridgehead atoms. The first-order valence-electron chi connectivity index (χ1n) is 9.84. The van der Waals surface area contributed by atoms with Gasteiger partial charge in [-0.05, 0) is 49.4 Å². The lowest BCUT2D eigenvalue weighted by Crippen LogP contribution is -2.47. The van der Waals surface area contributed by atoms with Crippen molar-refractivity contribution in [1.82, 2.24) is 5.32 Å². The molecule has 6 nitrogen and oxygen atoms in total. The summed E-state index contributed by atoms with van der Waals surface area (Å²) in [5.41, 5.74) is 1.31. The molecule has 6 heteroatoms. The molecular formula is C21H31N3O3. The van der Waals surface area contributed by atoms with E-state index < -0.39 is 6.04 Å². The summed E-state index contributed by atoms with van der Waals surface area (Å²) in [7, 11) is 0. The van der Waals surface area contributed by atoms with Gasteiger partial charge in [0, 0.05) is 24.2 Å². The highest BCUT2D eigenvalue weighted by atomic mass is 16.2. The number of nitrogens with one attached hydrogen (secondary N) is 3. The topological polar surface area (TPSA) is 87.3 Å². The van der Waals surface area contributed by atoms with E-state index in [9.17, 15) is 14.4 Å². The van der Waals surface area contributed by atoms with E-state index in [-0.39, 0.29) is 29.6 Å². The van der Waals surface area contributed by atoms with Gasteiger partial charge in [-0.15, -0.1) is 0 Å². The van der Waals surface area contributed by atoms with Crippen LogP contribution < -0.4 is 16.0 Å². The fourth-order valence-corrected chi connectivity index (χ4v) is 3.43. The second-order valence-corrected chi connectivity index (χ2v) is 7.77. The van der Waals surface area contributed by atoms with Gasteiger partial charge in [-0.1, -0.05) is 33.1 Å². The summed E-state index contributed by atoms with van der Waals surface area (Å²) in [5.74, 6) is -0.0430. The Morgan fingerprint density at radius 3 is 2.04 bits per heavy atom. The third-order valence-electron chi connectivity index (χ3n) is 4.79. The Balaban J connectivity index is 1.98. The van der Waals surface area contributed by atoms with Crippen LogP contribution in [0.25, 0.3) is 0 Å². The summed E-state index contributed by atoms with van der Waals surface area (Å²) in [6.45, 7) is 5.52. The highest BCUT2D eigenvalue weighted by Gasteiger charge is 2.27. The summed E-state index contributed by atoms with van der Waals surface area (Å²) in [4.78, 5) is 36.4. The molecule has 0 aromatic heterocycles. The summed E-state index contributed by atoms with van der Waals surface area (Å²) >= 11 is 0. The summed E-state index contributed by atoms with van der Waals surface area (Å²) in [6.07, 6.45) is 5.76. The highest BCUT2D eigenvalue weighted by molar-refractivity contribution is 5.97. The molecule has 2 rings (SSSR count). The Hall–Kier alpha value is -2.37. The maximum absolute atomic E-state index is 12.7. The van der Waals surface area contributed by atoms with E-state index in [1.807, 2.05) is 13.8 Å². The molecule has 27 heavy (non-hydrogen) atoms. The van der Waals surface area contributed by atoms with E-state index in [0.29, 0.717) is 17.8 Å². The van der Waals surface area contributed by atoms with Crippen LogP contribution in [0.4, 0.5) is 11.4 Å². The molecule has 1 atom stereocenters. The van der Waals surface area contributed by atoms with Crippen LogP contribution >= 0.6 is 0 Å². The molecule has 0 heterocycles. The highest BCUT2D eigenvalue weighted by Crippen LogP contribution is 2.24. The number of amides is 3. The van der Waals surface area contributed by atoms with Crippen LogP contribution in [0.2, 0.25) is 0 Å². The summed E-state index contributed by atoms with van der Waals surface area (Å²) in [6, 6.07) is 6.39. The smallest absolute Gasteiger partial charge is 0.246 e. The third kappa shape index (κ3) is 7.04. The lowest BCUT2D eigenvalue weighted by molar-refractivity contribution is -0.130. The molecule has 0 spiro atoms. The average molecular weight is 373 g/mol. The molecule has 148 valence electrons. The van der Waals surface area contributed by atoms with Gasteiger partial charge in [-0.2, -0.15) is 0 Å². The predicted octanol–water partition coefficient (Wildman–Crippen LogP) is 3.69. The second-order valence-electron chi connectivity index (χ2n) is 7.77. The Morgan fingerprint density at radius 1 is 0.963 bits per heavy atom. The Kier molecular flexibility index (Phi) is 7.82. The first kappa shape index (κ1) is 20.9. The minimum atomic E-state index is -0.547. The molecule has 1 aromatic carbocycles. The fourth-order valence-electron chi connectivity index (χ4n) is 3.43. The minimum Gasteiger partial charge on any atom is -0.344 e. The van der Waals surface area contributed by atoms with Crippen molar-refractivity contribution >= 4 is 29.1 Å². The zero-order valence-corrected chi connectivity index (χ0v) is 16.5. The first-order chi connectivity index (χ1) is 12.8. The lowest BCUT2D eigenvalue weighted by Gasteiger charge is -2.25. The van der Waals surface area contributed by atoms with Gasteiger partial charge in [0.2, 0.25) is 17.7 Å². The SMILES string of the molecule is CC(=O)Nc1ccc(NC(=O)C(CC(C)C)NC(=O)C2CCCCC2)cc1. The molecular weight excluding hydrogens is 342 g/mol. The van der Waals surface area contributed by atoms with Crippen molar-refractivity contribution in [3.63, 3.8) is 0 Å². The molecule has 0 radical (unpaired) electrons. The van der Waals surface area contributed by atoms with Crippen LogP contribution in [-0.2, 0) is 14.4 Å². The molecule has 1 fully saturated rings. The normalized spacial score (nSPS) is 15.9. The molecule has 1 aliphatic rings. The van der Waals surface area contributed by atoms with Crippen LogP contribution in [0, 0.1) is 11.8 Å². The van der Waals surface area contributed by atoms with E-state index in [0.717, 1.165) is 25.7 Å². The number of rotatable bonds is 7. The van der Waals surface area contributed by atoms with Crippen molar-refractivity contribution in [2.45, 2.75) is 65.3 Å². The number of anilines is 2. The van der Waals surface area contributed by atoms with Crippen molar-refractivity contribution < 1.29 is 14.4 Å². The number of carbonyl (C=O) groups excluding carboxylic acids is 3. The van der Waals surface area contributed by atoms with Crippen molar-refractivity contribution in [2.24, 2.45) is 11.8 Å². The van der Waals surface area contributed by atoms with Crippen LogP contribution in [0.5, 0.6) is 0 Å². The van der Waals surface area contributed by atoms with Crippen molar-refractivity contribution in [1.29, 1.82) is 0 Å². The van der Waals surface area contributed by atoms with Crippen LogP contribution in [0.3, 0.4) is 0 Å². The van der Waals surface area contributed by atoms with Gasteiger partial charge in [-0.3, -0.25) is 14.4 Å². The average Bonchev–Trinajstić information content (AvgIpc) is 2.62.